The van der Waals surface area contributed by atoms with E-state index < -0.39 is 6.03 Å². The molecule has 2 amide bonds. The van der Waals surface area contributed by atoms with Gasteiger partial charge in [0.05, 0.1) is 6.61 Å². The molecule has 13 heavy (non-hydrogen) atoms. The van der Waals surface area contributed by atoms with E-state index in [1.54, 1.807) is 0 Å². The van der Waals surface area contributed by atoms with Gasteiger partial charge in [0.15, 0.2) is 0 Å². The number of rotatable bonds is 3. The fourth-order valence-electron chi connectivity index (χ4n) is 1.94. The minimum absolute atomic E-state index is 0.579. The molecule has 0 radical (unpaired) electrons. The molecular weight excluding hydrogens is 168 g/mol. The summed E-state index contributed by atoms with van der Waals surface area (Å²) in [6, 6.07) is -0.621. The quantitative estimate of drug-likeness (QED) is 0.654. The number of amides is 2. The van der Waals surface area contributed by atoms with Crippen molar-refractivity contribution in [1.82, 2.24) is 5.48 Å². The predicted molar refractivity (Wildman–Crippen MR) is 49.8 cm³/mol. The van der Waals surface area contributed by atoms with Crippen LogP contribution in [0.5, 0.6) is 0 Å². The van der Waals surface area contributed by atoms with Gasteiger partial charge in [-0.15, -0.1) is 0 Å². The highest BCUT2D eigenvalue weighted by molar-refractivity contribution is 5.70. The van der Waals surface area contributed by atoms with Crippen molar-refractivity contribution >= 4 is 6.03 Å². The molecule has 0 aromatic rings. The van der Waals surface area contributed by atoms with Gasteiger partial charge >= 0.3 is 6.03 Å². The van der Waals surface area contributed by atoms with Crippen molar-refractivity contribution in [2.75, 3.05) is 6.61 Å². The number of urea groups is 1. The van der Waals surface area contributed by atoms with Gasteiger partial charge in [-0.3, -0.25) is 4.84 Å². The number of hydrogen-bond acceptors (Lipinski definition) is 2. The maximum atomic E-state index is 10.3. The molecule has 0 aliphatic heterocycles. The molecule has 1 fully saturated rings. The molecule has 0 spiro atoms. The van der Waals surface area contributed by atoms with Crippen LogP contribution < -0.4 is 11.2 Å². The molecule has 2 atom stereocenters. The molecule has 1 saturated carbocycles. The van der Waals surface area contributed by atoms with Gasteiger partial charge in [-0.05, 0) is 24.7 Å². The van der Waals surface area contributed by atoms with Crippen LogP contribution in [0.4, 0.5) is 4.79 Å². The van der Waals surface area contributed by atoms with Crippen molar-refractivity contribution in [1.29, 1.82) is 0 Å². The molecule has 4 nitrogen and oxygen atoms in total. The molecule has 4 heteroatoms. The van der Waals surface area contributed by atoms with Crippen LogP contribution in [0.15, 0.2) is 0 Å². The second-order valence-corrected chi connectivity index (χ2v) is 3.92. The summed E-state index contributed by atoms with van der Waals surface area (Å²) in [7, 11) is 0. The Balaban J connectivity index is 2.10. The zero-order valence-corrected chi connectivity index (χ0v) is 8.08. The lowest BCUT2D eigenvalue weighted by molar-refractivity contribution is 0.0255. The van der Waals surface area contributed by atoms with Gasteiger partial charge in [0.2, 0.25) is 0 Å². The molecule has 0 bridgehead atoms. The van der Waals surface area contributed by atoms with Crippen LogP contribution in [0, 0.1) is 11.8 Å². The van der Waals surface area contributed by atoms with E-state index in [-0.39, 0.29) is 0 Å². The van der Waals surface area contributed by atoms with Crippen molar-refractivity contribution in [2.24, 2.45) is 17.6 Å². The second-order valence-electron chi connectivity index (χ2n) is 3.92. The first kappa shape index (κ1) is 10.3. The van der Waals surface area contributed by atoms with Gasteiger partial charge in [-0.25, -0.2) is 10.3 Å². The molecule has 1 aliphatic carbocycles. The molecular formula is C9H18N2O2. The van der Waals surface area contributed by atoms with Crippen molar-refractivity contribution in [2.45, 2.75) is 32.6 Å². The summed E-state index contributed by atoms with van der Waals surface area (Å²) >= 11 is 0. The SMILES string of the molecule is CC1CCCC(CONC(N)=O)C1. The standard InChI is InChI=1S/C9H18N2O2/c1-7-3-2-4-8(5-7)6-13-11-9(10)12/h7-8H,2-6H2,1H3,(H3,10,11,12). The molecule has 0 saturated heterocycles. The van der Waals surface area contributed by atoms with Gasteiger partial charge in [0.25, 0.3) is 0 Å². The number of carbonyl (C=O) groups is 1. The maximum Gasteiger partial charge on any atom is 0.336 e. The lowest BCUT2D eigenvalue weighted by atomic mass is 9.83. The molecule has 1 rings (SSSR count). The van der Waals surface area contributed by atoms with Crippen molar-refractivity contribution < 1.29 is 9.63 Å². The highest BCUT2D eigenvalue weighted by atomic mass is 16.7. The van der Waals surface area contributed by atoms with E-state index >= 15 is 0 Å². The van der Waals surface area contributed by atoms with Crippen LogP contribution in [-0.4, -0.2) is 12.6 Å². The number of carbonyl (C=O) groups excluding carboxylic acids is 1. The molecule has 76 valence electrons. The number of nitrogens with one attached hydrogen (secondary N) is 1. The molecule has 2 unspecified atom stereocenters. The maximum absolute atomic E-state index is 10.3. The molecule has 3 N–H and O–H groups in total. The average molecular weight is 186 g/mol. The van der Waals surface area contributed by atoms with E-state index in [2.05, 4.69) is 12.4 Å². The Hall–Kier alpha value is -0.770. The summed E-state index contributed by atoms with van der Waals surface area (Å²) in [5, 5.41) is 0. The minimum Gasteiger partial charge on any atom is -0.350 e. The van der Waals surface area contributed by atoms with Gasteiger partial charge in [-0.1, -0.05) is 19.8 Å². The van der Waals surface area contributed by atoms with Crippen molar-refractivity contribution in [3.8, 4) is 0 Å². The lowest BCUT2D eigenvalue weighted by Gasteiger charge is -2.25. The largest absolute Gasteiger partial charge is 0.350 e. The van der Waals surface area contributed by atoms with Crippen LogP contribution in [0.3, 0.4) is 0 Å². The van der Waals surface area contributed by atoms with Crippen molar-refractivity contribution in [3.63, 3.8) is 0 Å². The van der Waals surface area contributed by atoms with Crippen LogP contribution in [0.1, 0.15) is 32.6 Å². The Labute approximate surface area is 78.8 Å². The second kappa shape index (κ2) is 5.07. The Morgan fingerprint density at radius 3 is 3.00 bits per heavy atom. The zero-order chi connectivity index (χ0) is 9.68. The van der Waals surface area contributed by atoms with Crippen molar-refractivity contribution in [3.05, 3.63) is 0 Å². The van der Waals surface area contributed by atoms with Crippen LogP contribution >= 0.6 is 0 Å². The van der Waals surface area contributed by atoms with Gasteiger partial charge in [0, 0.05) is 0 Å². The molecule has 0 aromatic heterocycles. The Bertz CT molecular complexity index is 173. The smallest absolute Gasteiger partial charge is 0.336 e. The topological polar surface area (TPSA) is 64.3 Å². The van der Waals surface area contributed by atoms with E-state index in [9.17, 15) is 4.79 Å². The average Bonchev–Trinajstić information content (AvgIpc) is 2.03. The summed E-state index contributed by atoms with van der Waals surface area (Å²) in [6.07, 6.45) is 4.98. The Kier molecular flexibility index (Phi) is 4.02. The normalized spacial score (nSPS) is 28.4. The first-order valence-corrected chi connectivity index (χ1v) is 4.85. The number of hydroxylamine groups is 1. The Morgan fingerprint density at radius 1 is 1.62 bits per heavy atom. The third-order valence-corrected chi connectivity index (χ3v) is 2.54. The summed E-state index contributed by atoms with van der Waals surface area (Å²) < 4.78 is 0. The number of hydrogen-bond donors (Lipinski definition) is 2. The molecule has 0 aromatic carbocycles. The van der Waals surface area contributed by atoms with E-state index in [0.29, 0.717) is 12.5 Å². The first-order valence-electron chi connectivity index (χ1n) is 4.85. The summed E-state index contributed by atoms with van der Waals surface area (Å²) in [5.74, 6) is 1.37. The number of primary amides is 1. The lowest BCUT2D eigenvalue weighted by Crippen LogP contribution is -2.32. The molecule has 1 aliphatic rings. The molecule has 0 heterocycles. The fourth-order valence-corrected chi connectivity index (χ4v) is 1.94. The van der Waals surface area contributed by atoms with E-state index in [1.807, 2.05) is 0 Å². The third-order valence-electron chi connectivity index (χ3n) is 2.54. The highest BCUT2D eigenvalue weighted by Crippen LogP contribution is 2.28. The van der Waals surface area contributed by atoms with Crippen LogP contribution in [0.25, 0.3) is 0 Å². The monoisotopic (exact) mass is 186 g/mol. The van der Waals surface area contributed by atoms with Gasteiger partial charge < -0.3 is 5.73 Å². The summed E-state index contributed by atoms with van der Waals surface area (Å²) in [5.41, 5.74) is 7.01. The van der Waals surface area contributed by atoms with Gasteiger partial charge in [-0.2, -0.15) is 0 Å². The van der Waals surface area contributed by atoms with E-state index in [1.165, 1.54) is 25.7 Å². The van der Waals surface area contributed by atoms with Gasteiger partial charge in [0.1, 0.15) is 0 Å². The van der Waals surface area contributed by atoms with E-state index in [4.69, 9.17) is 10.6 Å². The van der Waals surface area contributed by atoms with E-state index in [0.717, 1.165) is 5.92 Å². The highest BCUT2D eigenvalue weighted by Gasteiger charge is 2.18. The van der Waals surface area contributed by atoms with Crippen LogP contribution in [-0.2, 0) is 4.84 Å². The summed E-state index contributed by atoms with van der Waals surface area (Å²) in [4.78, 5) is 15.2. The Morgan fingerprint density at radius 2 is 2.38 bits per heavy atom. The minimum atomic E-state index is -0.621. The predicted octanol–water partition coefficient (Wildman–Crippen LogP) is 1.41. The summed E-state index contributed by atoms with van der Waals surface area (Å²) in [6.45, 7) is 2.85. The first-order chi connectivity index (χ1) is 6.18. The number of nitrogens with two attached hydrogens (primary N) is 1. The fraction of sp³-hybridized carbons (Fsp3) is 0.889. The zero-order valence-electron chi connectivity index (χ0n) is 8.08. The third kappa shape index (κ3) is 4.12. The van der Waals surface area contributed by atoms with Crippen LogP contribution in [0.2, 0.25) is 0 Å².